The Labute approximate surface area is 97.3 Å². The Bertz CT molecular complexity index is 291. The molecule has 1 aliphatic heterocycles. The first kappa shape index (κ1) is 12.5. The molecule has 84 valence electrons. The Kier molecular flexibility index (Phi) is 4.58. The minimum absolute atomic E-state index is 0. The average Bonchev–Trinajstić information content (AvgIpc) is 2.61. The molecule has 15 heavy (non-hydrogen) atoms. The third-order valence-corrected chi connectivity index (χ3v) is 3.15. The normalized spacial score (nSPS) is 26.3. The van der Waals surface area contributed by atoms with E-state index in [0.717, 1.165) is 13.0 Å². The molecule has 2 rings (SSSR count). The standard InChI is InChI=1S/C12H17NO.ClH/c1-13-8-7-11(9-14)12(13)10-5-3-2-4-6-10;/h2-6,11-12,14H,7-9H2,1H3;1H. The van der Waals surface area contributed by atoms with E-state index in [4.69, 9.17) is 0 Å². The Balaban J connectivity index is 0.00000112. The van der Waals surface area contributed by atoms with Gasteiger partial charge in [-0.15, -0.1) is 12.4 Å². The second-order valence-corrected chi connectivity index (χ2v) is 4.07. The van der Waals surface area contributed by atoms with Crippen molar-refractivity contribution in [1.29, 1.82) is 0 Å². The van der Waals surface area contributed by atoms with Crippen LogP contribution in [-0.2, 0) is 0 Å². The van der Waals surface area contributed by atoms with Gasteiger partial charge in [0.05, 0.1) is 0 Å². The smallest absolute Gasteiger partial charge is 0.0478 e. The lowest BCUT2D eigenvalue weighted by Crippen LogP contribution is -2.22. The van der Waals surface area contributed by atoms with Gasteiger partial charge in [0.25, 0.3) is 0 Å². The Morgan fingerprint density at radius 3 is 2.60 bits per heavy atom. The van der Waals surface area contributed by atoms with Crippen LogP contribution in [-0.4, -0.2) is 30.2 Å². The molecular weight excluding hydrogens is 210 g/mol. The zero-order chi connectivity index (χ0) is 9.97. The maximum absolute atomic E-state index is 9.29. The van der Waals surface area contributed by atoms with E-state index in [9.17, 15) is 5.11 Å². The highest BCUT2D eigenvalue weighted by Gasteiger charge is 2.31. The summed E-state index contributed by atoms with van der Waals surface area (Å²) < 4.78 is 0. The first-order valence-corrected chi connectivity index (χ1v) is 5.19. The van der Waals surface area contributed by atoms with E-state index in [0.29, 0.717) is 18.6 Å². The summed E-state index contributed by atoms with van der Waals surface area (Å²) >= 11 is 0. The second kappa shape index (κ2) is 5.50. The number of aliphatic hydroxyl groups excluding tert-OH is 1. The summed E-state index contributed by atoms with van der Waals surface area (Å²) in [5, 5.41) is 9.29. The molecule has 2 atom stereocenters. The van der Waals surface area contributed by atoms with Crippen LogP contribution in [0.15, 0.2) is 30.3 Å². The predicted octanol–water partition coefficient (Wildman–Crippen LogP) is 2.09. The number of halogens is 1. The fraction of sp³-hybridized carbons (Fsp3) is 0.500. The largest absolute Gasteiger partial charge is 0.396 e. The predicted molar refractivity (Wildman–Crippen MR) is 64.3 cm³/mol. The maximum Gasteiger partial charge on any atom is 0.0478 e. The van der Waals surface area contributed by atoms with Crippen LogP contribution >= 0.6 is 12.4 Å². The van der Waals surface area contributed by atoms with Crippen LogP contribution < -0.4 is 0 Å². The molecule has 0 aromatic heterocycles. The van der Waals surface area contributed by atoms with Gasteiger partial charge in [-0.25, -0.2) is 0 Å². The molecule has 1 aromatic carbocycles. The van der Waals surface area contributed by atoms with Gasteiger partial charge in [0.1, 0.15) is 0 Å². The van der Waals surface area contributed by atoms with Crippen molar-refractivity contribution in [3.05, 3.63) is 35.9 Å². The zero-order valence-electron chi connectivity index (χ0n) is 8.97. The third kappa shape index (κ3) is 2.51. The monoisotopic (exact) mass is 227 g/mol. The van der Waals surface area contributed by atoms with E-state index < -0.39 is 0 Å². The number of nitrogens with zero attached hydrogens (tertiary/aromatic N) is 1. The SMILES string of the molecule is CN1CCC(CO)C1c1ccccc1.Cl. The molecule has 0 saturated carbocycles. The Morgan fingerprint density at radius 1 is 1.33 bits per heavy atom. The summed E-state index contributed by atoms with van der Waals surface area (Å²) in [6, 6.07) is 10.9. The van der Waals surface area contributed by atoms with Crippen LogP contribution in [0.1, 0.15) is 18.0 Å². The van der Waals surface area contributed by atoms with E-state index >= 15 is 0 Å². The molecule has 1 heterocycles. The Morgan fingerprint density at radius 2 is 2.00 bits per heavy atom. The second-order valence-electron chi connectivity index (χ2n) is 4.07. The fourth-order valence-electron chi connectivity index (χ4n) is 2.39. The van der Waals surface area contributed by atoms with Gasteiger partial charge in [0.2, 0.25) is 0 Å². The van der Waals surface area contributed by atoms with Gasteiger partial charge in [0.15, 0.2) is 0 Å². The maximum atomic E-state index is 9.29. The van der Waals surface area contributed by atoms with Gasteiger partial charge >= 0.3 is 0 Å². The summed E-state index contributed by atoms with van der Waals surface area (Å²) in [6.45, 7) is 1.38. The van der Waals surface area contributed by atoms with Crippen molar-refractivity contribution < 1.29 is 5.11 Å². The van der Waals surface area contributed by atoms with Crippen LogP contribution in [0.2, 0.25) is 0 Å². The minimum atomic E-state index is 0. The number of likely N-dealkylation sites (tertiary alicyclic amines) is 1. The molecule has 0 radical (unpaired) electrons. The molecule has 2 nitrogen and oxygen atoms in total. The van der Waals surface area contributed by atoms with Crippen molar-refractivity contribution in [3.8, 4) is 0 Å². The lowest BCUT2D eigenvalue weighted by Gasteiger charge is -2.24. The Hall–Kier alpha value is -0.570. The van der Waals surface area contributed by atoms with E-state index in [-0.39, 0.29) is 12.4 Å². The molecule has 0 aliphatic carbocycles. The van der Waals surface area contributed by atoms with Crippen molar-refractivity contribution in [1.82, 2.24) is 4.90 Å². The zero-order valence-corrected chi connectivity index (χ0v) is 9.78. The molecule has 0 bridgehead atoms. The molecule has 0 amide bonds. The van der Waals surface area contributed by atoms with Crippen molar-refractivity contribution in [3.63, 3.8) is 0 Å². The quantitative estimate of drug-likeness (QED) is 0.837. The van der Waals surface area contributed by atoms with E-state index in [1.165, 1.54) is 5.56 Å². The highest BCUT2D eigenvalue weighted by molar-refractivity contribution is 5.85. The van der Waals surface area contributed by atoms with Gasteiger partial charge < -0.3 is 5.11 Å². The van der Waals surface area contributed by atoms with E-state index in [1.807, 2.05) is 6.07 Å². The summed E-state index contributed by atoms with van der Waals surface area (Å²) in [7, 11) is 2.13. The molecule has 1 N–H and O–H groups in total. The van der Waals surface area contributed by atoms with Crippen molar-refractivity contribution in [2.45, 2.75) is 12.5 Å². The van der Waals surface area contributed by atoms with Gasteiger partial charge in [-0.3, -0.25) is 4.90 Å². The topological polar surface area (TPSA) is 23.5 Å². The molecule has 1 saturated heterocycles. The summed E-state index contributed by atoms with van der Waals surface area (Å²) in [6.07, 6.45) is 1.10. The first-order chi connectivity index (χ1) is 6.83. The number of aliphatic hydroxyl groups is 1. The van der Waals surface area contributed by atoms with Crippen LogP contribution in [0.25, 0.3) is 0 Å². The van der Waals surface area contributed by atoms with Gasteiger partial charge in [-0.1, -0.05) is 30.3 Å². The molecule has 0 spiro atoms. The third-order valence-electron chi connectivity index (χ3n) is 3.15. The molecular formula is C12H18ClNO. The summed E-state index contributed by atoms with van der Waals surface area (Å²) in [5.41, 5.74) is 1.33. The van der Waals surface area contributed by atoms with Crippen LogP contribution in [0.3, 0.4) is 0 Å². The van der Waals surface area contributed by atoms with Crippen molar-refractivity contribution >= 4 is 12.4 Å². The van der Waals surface area contributed by atoms with E-state index in [2.05, 4.69) is 36.2 Å². The van der Waals surface area contributed by atoms with Gasteiger partial charge in [0, 0.05) is 18.6 Å². The molecule has 1 fully saturated rings. The van der Waals surface area contributed by atoms with Crippen molar-refractivity contribution in [2.24, 2.45) is 5.92 Å². The molecule has 1 aliphatic rings. The number of hydrogen-bond donors (Lipinski definition) is 1. The lowest BCUT2D eigenvalue weighted by atomic mass is 9.95. The van der Waals surface area contributed by atoms with Crippen LogP contribution in [0.4, 0.5) is 0 Å². The highest BCUT2D eigenvalue weighted by atomic mass is 35.5. The summed E-state index contributed by atoms with van der Waals surface area (Å²) in [5.74, 6) is 0.405. The number of benzene rings is 1. The van der Waals surface area contributed by atoms with Crippen LogP contribution in [0, 0.1) is 5.92 Å². The number of rotatable bonds is 2. The number of hydrogen-bond acceptors (Lipinski definition) is 2. The lowest BCUT2D eigenvalue weighted by molar-refractivity contribution is 0.182. The fourth-order valence-corrected chi connectivity index (χ4v) is 2.39. The summed E-state index contributed by atoms with van der Waals surface area (Å²) in [4.78, 5) is 2.33. The molecule has 1 aromatic rings. The first-order valence-electron chi connectivity index (χ1n) is 5.19. The van der Waals surface area contributed by atoms with Crippen molar-refractivity contribution in [2.75, 3.05) is 20.2 Å². The minimum Gasteiger partial charge on any atom is -0.396 e. The average molecular weight is 228 g/mol. The molecule has 3 heteroatoms. The highest BCUT2D eigenvalue weighted by Crippen LogP contribution is 2.35. The molecule has 2 unspecified atom stereocenters. The van der Waals surface area contributed by atoms with Gasteiger partial charge in [-0.05, 0) is 25.6 Å². The van der Waals surface area contributed by atoms with Gasteiger partial charge in [-0.2, -0.15) is 0 Å². The van der Waals surface area contributed by atoms with E-state index in [1.54, 1.807) is 0 Å². The van der Waals surface area contributed by atoms with Crippen LogP contribution in [0.5, 0.6) is 0 Å².